The second-order valence-electron chi connectivity index (χ2n) is 21.0. The summed E-state index contributed by atoms with van der Waals surface area (Å²) in [6.07, 6.45) is 51.6. The number of allylic oxidation sites excluding steroid dienone is 14. The number of hydrogen-bond acceptors (Lipinski definition) is 3. The molecule has 0 spiro atoms. The van der Waals surface area contributed by atoms with Gasteiger partial charge in [-0.3, -0.25) is 9.59 Å². The number of rotatable bonds is 22. The summed E-state index contributed by atoms with van der Waals surface area (Å²) in [5, 5.41) is 17.6. The second kappa shape index (κ2) is 23.7. The summed E-state index contributed by atoms with van der Waals surface area (Å²) in [5.41, 5.74) is 1.92. The third-order valence-corrected chi connectivity index (χ3v) is 16.8. The van der Waals surface area contributed by atoms with Crippen LogP contribution in [0.3, 0.4) is 0 Å². The second-order valence-corrected chi connectivity index (χ2v) is 21.0. The Morgan fingerprint density at radius 1 is 0.672 bits per heavy atom. The minimum Gasteiger partial charge on any atom is -0.393 e. The average Bonchev–Trinajstić information content (AvgIpc) is 3.23. The first-order chi connectivity index (χ1) is 29.4. The Hall–Kier alpha value is -2.92. The smallest absolute Gasteiger partial charge is 0.226 e. The molecule has 3 N–H and O–H groups in total. The number of fused-ring (bicyclic) bond motifs is 7. The molecule has 0 radical (unpaired) electrons. The van der Waals surface area contributed by atoms with Crippen LogP contribution >= 0.6 is 0 Å². The highest BCUT2D eigenvalue weighted by Crippen LogP contribution is 2.71. The molecule has 61 heavy (non-hydrogen) atoms. The summed E-state index contributed by atoms with van der Waals surface area (Å²) in [4.78, 5) is 26.7. The molecule has 4 saturated carbocycles. The Morgan fingerprint density at radius 2 is 1.25 bits per heavy atom. The largest absolute Gasteiger partial charge is 0.393 e. The maximum atomic E-state index is 14.3. The number of carbonyl (C=O) groups excluding carboxylic acids is 2. The normalized spacial score (nSPS) is 33.6. The zero-order valence-corrected chi connectivity index (χ0v) is 39.7. The van der Waals surface area contributed by atoms with Gasteiger partial charge in [0.2, 0.25) is 11.8 Å². The van der Waals surface area contributed by atoms with Crippen molar-refractivity contribution in [1.29, 1.82) is 0 Å². The van der Waals surface area contributed by atoms with E-state index in [1.807, 2.05) is 0 Å². The average molecular weight is 837 g/mol. The van der Waals surface area contributed by atoms with E-state index in [0.717, 1.165) is 129 Å². The van der Waals surface area contributed by atoms with Crippen LogP contribution in [0.1, 0.15) is 183 Å². The van der Waals surface area contributed by atoms with Crippen molar-refractivity contribution in [2.24, 2.45) is 51.2 Å². The van der Waals surface area contributed by atoms with Crippen LogP contribution < -0.4 is 10.6 Å². The van der Waals surface area contributed by atoms with Crippen molar-refractivity contribution in [1.82, 2.24) is 10.6 Å². The molecular formula is C56H88N2O3. The summed E-state index contributed by atoms with van der Waals surface area (Å²) >= 11 is 0. The van der Waals surface area contributed by atoms with E-state index in [-0.39, 0.29) is 33.7 Å². The molecule has 2 amide bonds. The highest BCUT2D eigenvalue weighted by Gasteiger charge is 2.65. The van der Waals surface area contributed by atoms with Crippen LogP contribution in [-0.4, -0.2) is 36.1 Å². The predicted molar refractivity (Wildman–Crippen MR) is 258 cm³/mol. The fraction of sp³-hybridized carbons (Fsp3) is 0.714. The monoisotopic (exact) mass is 837 g/mol. The van der Waals surface area contributed by atoms with Crippen LogP contribution in [0, 0.1) is 51.2 Å². The van der Waals surface area contributed by atoms with Gasteiger partial charge >= 0.3 is 0 Å². The van der Waals surface area contributed by atoms with Gasteiger partial charge in [0.15, 0.2) is 0 Å². The van der Waals surface area contributed by atoms with Crippen molar-refractivity contribution in [3.63, 3.8) is 0 Å². The standard InChI is InChI=1S/C56H88N2O3/c1-7-8-9-10-11-12-13-14-15-16-17-18-19-20-21-22-23-24-27-32-50(60)57-42-28-25-26-29-43-58-52(61)56-38-30-31-44(2)51(56)45-33-34-48-54(5,46(45)35-41-56)39-36-47-53(3,4)49(59)37-40-55(47,48)6/h8-9,11-12,14-15,17-18,20-21,23-24,33,44,46-49,51,59H,7,10,13,16,19,22,25-32,34-43H2,1-6H3,(H,57,60)(H,58,61)/b9-8-,12-11-,15-14-,18-17-,21-20-,24-23-. The first-order valence-electron chi connectivity index (χ1n) is 25.2. The lowest BCUT2D eigenvalue weighted by Gasteiger charge is -2.68. The highest BCUT2D eigenvalue weighted by atomic mass is 16.3. The van der Waals surface area contributed by atoms with Gasteiger partial charge in [-0.15, -0.1) is 0 Å². The Balaban J connectivity index is 0.942. The molecule has 0 saturated heterocycles. The van der Waals surface area contributed by atoms with Gasteiger partial charge in [0, 0.05) is 19.5 Å². The molecule has 5 nitrogen and oxygen atoms in total. The topological polar surface area (TPSA) is 78.4 Å². The summed E-state index contributed by atoms with van der Waals surface area (Å²) in [7, 11) is 0. The molecule has 5 rings (SSSR count). The number of unbranched alkanes of at least 4 members (excludes halogenated alkanes) is 3. The van der Waals surface area contributed by atoms with E-state index < -0.39 is 0 Å². The van der Waals surface area contributed by atoms with E-state index in [0.29, 0.717) is 41.9 Å². The van der Waals surface area contributed by atoms with Gasteiger partial charge < -0.3 is 15.7 Å². The number of aliphatic hydroxyl groups excluding tert-OH is 1. The molecular weight excluding hydrogens is 749 g/mol. The Bertz CT molecular complexity index is 1610. The van der Waals surface area contributed by atoms with Crippen molar-refractivity contribution >= 4 is 11.8 Å². The number of amides is 2. The number of nitrogens with one attached hydrogen (secondary N) is 2. The SMILES string of the molecule is CC/C=C\C/C=C\C/C=C\C/C=C\C/C=C\C/C=C\CCC(=O)NCCCCCCNC(=O)C12CCCC(C)C1C1=CCC3C(C)(CCC4C(C)(C)C(O)CCC43C)C1CC2. The summed E-state index contributed by atoms with van der Waals surface area (Å²) in [5.74, 6) is 3.19. The van der Waals surface area contributed by atoms with Gasteiger partial charge in [0.25, 0.3) is 0 Å². The molecule has 0 aromatic carbocycles. The maximum Gasteiger partial charge on any atom is 0.226 e. The Kier molecular flexibility index (Phi) is 19.1. The molecule has 4 fully saturated rings. The van der Waals surface area contributed by atoms with Gasteiger partial charge in [0.1, 0.15) is 0 Å². The van der Waals surface area contributed by atoms with Crippen LogP contribution in [0.2, 0.25) is 0 Å². The lowest BCUT2D eigenvalue weighted by Crippen LogP contribution is -2.62. The van der Waals surface area contributed by atoms with E-state index in [9.17, 15) is 14.7 Å². The minimum absolute atomic E-state index is 0.0248. The van der Waals surface area contributed by atoms with E-state index in [4.69, 9.17) is 0 Å². The van der Waals surface area contributed by atoms with Crippen LogP contribution in [0.4, 0.5) is 0 Å². The number of hydrogen-bond donors (Lipinski definition) is 3. The molecule has 0 aliphatic heterocycles. The molecule has 9 atom stereocenters. The van der Waals surface area contributed by atoms with Crippen LogP contribution in [0.15, 0.2) is 84.6 Å². The molecule has 0 heterocycles. The van der Waals surface area contributed by atoms with Gasteiger partial charge in [-0.05, 0) is 155 Å². The molecule has 0 aromatic rings. The molecule has 5 aliphatic carbocycles. The molecule has 0 bridgehead atoms. The van der Waals surface area contributed by atoms with Crippen molar-refractivity contribution in [2.75, 3.05) is 13.1 Å². The van der Waals surface area contributed by atoms with Gasteiger partial charge in [-0.1, -0.05) is 152 Å². The summed E-state index contributed by atoms with van der Waals surface area (Å²) in [6.45, 7) is 16.0. The quantitative estimate of drug-likeness (QED) is 0.0751. The lowest BCUT2D eigenvalue weighted by molar-refractivity contribution is -0.186. The molecule has 5 heteroatoms. The van der Waals surface area contributed by atoms with Crippen LogP contribution in [0.25, 0.3) is 0 Å². The van der Waals surface area contributed by atoms with Crippen molar-refractivity contribution < 1.29 is 14.7 Å². The third kappa shape index (κ3) is 12.2. The highest BCUT2D eigenvalue weighted by molar-refractivity contribution is 5.84. The van der Waals surface area contributed by atoms with E-state index in [2.05, 4.69) is 131 Å². The summed E-state index contributed by atoms with van der Waals surface area (Å²) in [6, 6.07) is 0. The van der Waals surface area contributed by atoms with E-state index >= 15 is 0 Å². The van der Waals surface area contributed by atoms with Crippen LogP contribution in [-0.2, 0) is 9.59 Å². The van der Waals surface area contributed by atoms with E-state index in [1.165, 1.54) is 19.3 Å². The Morgan fingerprint density at radius 3 is 1.87 bits per heavy atom. The van der Waals surface area contributed by atoms with Crippen LogP contribution in [0.5, 0.6) is 0 Å². The first kappa shape index (κ1) is 49.1. The van der Waals surface area contributed by atoms with Gasteiger partial charge in [0.05, 0.1) is 11.5 Å². The minimum atomic E-state index is -0.254. The summed E-state index contributed by atoms with van der Waals surface area (Å²) < 4.78 is 0. The predicted octanol–water partition coefficient (Wildman–Crippen LogP) is 13.6. The number of carbonyl (C=O) groups is 2. The fourth-order valence-corrected chi connectivity index (χ4v) is 13.6. The van der Waals surface area contributed by atoms with Crippen molar-refractivity contribution in [3.05, 3.63) is 84.6 Å². The fourth-order valence-electron chi connectivity index (χ4n) is 13.6. The Labute approximate surface area is 373 Å². The number of aliphatic hydroxyl groups is 1. The van der Waals surface area contributed by atoms with Crippen molar-refractivity contribution in [3.8, 4) is 0 Å². The molecule has 0 aromatic heterocycles. The molecule has 5 aliphatic rings. The third-order valence-electron chi connectivity index (χ3n) is 16.8. The lowest BCUT2D eigenvalue weighted by atomic mass is 9.37. The van der Waals surface area contributed by atoms with Gasteiger partial charge in [-0.25, -0.2) is 0 Å². The van der Waals surface area contributed by atoms with Crippen molar-refractivity contribution in [2.45, 2.75) is 189 Å². The maximum absolute atomic E-state index is 14.3. The molecule has 9 unspecified atom stereocenters. The zero-order chi connectivity index (χ0) is 43.8. The van der Waals surface area contributed by atoms with E-state index in [1.54, 1.807) is 5.57 Å². The zero-order valence-electron chi connectivity index (χ0n) is 39.7. The van der Waals surface area contributed by atoms with Gasteiger partial charge in [-0.2, -0.15) is 0 Å². The molecule has 340 valence electrons. The first-order valence-corrected chi connectivity index (χ1v) is 25.2.